The topological polar surface area (TPSA) is 21.3 Å². The van der Waals surface area contributed by atoms with Gasteiger partial charge in [-0.3, -0.25) is 0 Å². The third kappa shape index (κ3) is 1.62. The lowest BCUT2D eigenvalue weighted by atomic mass is 9.51. The average molecular weight is 223 g/mol. The van der Waals surface area contributed by atoms with Gasteiger partial charge in [0.25, 0.3) is 0 Å². The molecule has 0 aromatic carbocycles. The molecule has 3 aliphatic carbocycles. The molecule has 0 radical (unpaired) electrons. The van der Waals surface area contributed by atoms with Crippen molar-refractivity contribution in [1.29, 1.82) is 0 Å². The molecule has 3 fully saturated rings. The summed E-state index contributed by atoms with van der Waals surface area (Å²) in [4.78, 5) is 0. The molecule has 0 aromatic rings. The molecule has 2 heteroatoms. The summed E-state index contributed by atoms with van der Waals surface area (Å²) in [5.41, 5.74) is 0.550. The normalized spacial score (nSPS) is 43.9. The molecule has 16 heavy (non-hydrogen) atoms. The van der Waals surface area contributed by atoms with Crippen LogP contribution in [0.2, 0.25) is 0 Å². The summed E-state index contributed by atoms with van der Waals surface area (Å²) >= 11 is 0. The first-order chi connectivity index (χ1) is 7.76. The van der Waals surface area contributed by atoms with E-state index in [2.05, 4.69) is 19.2 Å². The lowest BCUT2D eigenvalue weighted by Gasteiger charge is -2.61. The molecule has 0 aromatic heterocycles. The molecule has 3 saturated carbocycles. The summed E-state index contributed by atoms with van der Waals surface area (Å²) in [5, 5.41) is 3.81. The zero-order chi connectivity index (χ0) is 11.2. The maximum Gasteiger partial charge on any atom is 0.0661 e. The van der Waals surface area contributed by atoms with Gasteiger partial charge in [-0.15, -0.1) is 0 Å². The molecule has 0 saturated heterocycles. The van der Waals surface area contributed by atoms with Crippen molar-refractivity contribution in [3.63, 3.8) is 0 Å². The highest BCUT2D eigenvalue weighted by atomic mass is 16.5. The SMILES string of the molecule is CCOC1CC(NCC2CC2C)C12CCC2. The van der Waals surface area contributed by atoms with E-state index < -0.39 is 0 Å². The Labute approximate surface area is 99.1 Å². The number of nitrogens with one attached hydrogen (secondary N) is 1. The minimum atomic E-state index is 0.550. The van der Waals surface area contributed by atoms with Crippen molar-refractivity contribution < 1.29 is 4.74 Å². The second-order valence-corrected chi connectivity index (χ2v) is 6.20. The summed E-state index contributed by atoms with van der Waals surface area (Å²) in [5.74, 6) is 1.95. The highest BCUT2D eigenvalue weighted by molar-refractivity contribution is 5.12. The molecular weight excluding hydrogens is 198 g/mol. The molecule has 0 aliphatic heterocycles. The van der Waals surface area contributed by atoms with Gasteiger partial charge in [0.1, 0.15) is 0 Å². The first-order valence-electron chi connectivity index (χ1n) is 7.11. The largest absolute Gasteiger partial charge is 0.378 e. The molecular formula is C14H25NO. The minimum Gasteiger partial charge on any atom is -0.378 e. The van der Waals surface area contributed by atoms with Gasteiger partial charge >= 0.3 is 0 Å². The van der Waals surface area contributed by atoms with Crippen LogP contribution in [0.4, 0.5) is 0 Å². The maximum atomic E-state index is 5.87. The summed E-state index contributed by atoms with van der Waals surface area (Å²) in [6, 6.07) is 0.769. The lowest BCUT2D eigenvalue weighted by molar-refractivity contribution is -0.172. The summed E-state index contributed by atoms with van der Waals surface area (Å²) < 4.78 is 5.87. The molecule has 0 amide bonds. The fraction of sp³-hybridized carbons (Fsp3) is 1.00. The van der Waals surface area contributed by atoms with E-state index in [0.29, 0.717) is 11.5 Å². The Bertz CT molecular complexity index is 261. The van der Waals surface area contributed by atoms with E-state index in [1.807, 2.05) is 0 Å². The highest BCUT2D eigenvalue weighted by Crippen LogP contribution is 2.57. The predicted molar refractivity (Wildman–Crippen MR) is 65.4 cm³/mol. The van der Waals surface area contributed by atoms with Crippen LogP contribution in [0.15, 0.2) is 0 Å². The molecule has 1 N–H and O–H groups in total. The van der Waals surface area contributed by atoms with Crippen molar-refractivity contribution in [2.24, 2.45) is 17.3 Å². The third-order valence-electron chi connectivity index (χ3n) is 5.34. The standard InChI is InChI=1S/C14H25NO/c1-3-16-13-8-12(14(13)5-4-6-14)15-9-11-7-10(11)2/h10-13,15H,3-9H2,1-2H3. The van der Waals surface area contributed by atoms with Crippen molar-refractivity contribution in [3.8, 4) is 0 Å². The van der Waals surface area contributed by atoms with E-state index in [0.717, 1.165) is 24.5 Å². The van der Waals surface area contributed by atoms with Crippen LogP contribution in [0.1, 0.15) is 46.0 Å². The van der Waals surface area contributed by atoms with E-state index in [1.54, 1.807) is 0 Å². The Morgan fingerprint density at radius 1 is 1.31 bits per heavy atom. The fourth-order valence-electron chi connectivity index (χ4n) is 3.70. The van der Waals surface area contributed by atoms with Crippen molar-refractivity contribution in [2.75, 3.05) is 13.2 Å². The Kier molecular flexibility index (Phi) is 2.75. The smallest absolute Gasteiger partial charge is 0.0661 e. The molecule has 4 unspecified atom stereocenters. The van der Waals surface area contributed by atoms with Gasteiger partial charge in [0.05, 0.1) is 6.10 Å². The number of ether oxygens (including phenoxy) is 1. The Morgan fingerprint density at radius 3 is 2.56 bits per heavy atom. The average Bonchev–Trinajstić information content (AvgIpc) is 2.84. The molecule has 4 atom stereocenters. The molecule has 3 aliphatic rings. The molecule has 1 spiro atoms. The summed E-state index contributed by atoms with van der Waals surface area (Å²) in [6.45, 7) is 6.64. The van der Waals surface area contributed by atoms with Crippen LogP contribution in [-0.4, -0.2) is 25.3 Å². The number of hydrogen-bond donors (Lipinski definition) is 1. The van der Waals surface area contributed by atoms with Crippen LogP contribution < -0.4 is 5.32 Å². The Morgan fingerprint density at radius 2 is 2.06 bits per heavy atom. The minimum absolute atomic E-state index is 0.550. The van der Waals surface area contributed by atoms with Gasteiger partial charge in [-0.2, -0.15) is 0 Å². The van der Waals surface area contributed by atoms with Gasteiger partial charge in [0.15, 0.2) is 0 Å². The summed E-state index contributed by atoms with van der Waals surface area (Å²) in [7, 11) is 0. The lowest BCUT2D eigenvalue weighted by Crippen LogP contribution is -2.67. The van der Waals surface area contributed by atoms with Gasteiger partial charge in [0, 0.05) is 18.1 Å². The second-order valence-electron chi connectivity index (χ2n) is 6.20. The van der Waals surface area contributed by atoms with Crippen LogP contribution in [0.3, 0.4) is 0 Å². The van der Waals surface area contributed by atoms with Gasteiger partial charge in [-0.25, -0.2) is 0 Å². The monoisotopic (exact) mass is 223 g/mol. The molecule has 92 valence electrons. The molecule has 0 bridgehead atoms. The number of hydrogen-bond acceptors (Lipinski definition) is 2. The van der Waals surface area contributed by atoms with Crippen LogP contribution >= 0.6 is 0 Å². The number of rotatable bonds is 5. The van der Waals surface area contributed by atoms with Crippen molar-refractivity contribution in [2.45, 2.75) is 58.1 Å². The molecule has 2 nitrogen and oxygen atoms in total. The highest BCUT2D eigenvalue weighted by Gasteiger charge is 2.58. The van der Waals surface area contributed by atoms with E-state index in [1.165, 1.54) is 38.6 Å². The van der Waals surface area contributed by atoms with Crippen molar-refractivity contribution >= 4 is 0 Å². The zero-order valence-electron chi connectivity index (χ0n) is 10.7. The van der Waals surface area contributed by atoms with Crippen LogP contribution in [0.5, 0.6) is 0 Å². The van der Waals surface area contributed by atoms with Gasteiger partial charge < -0.3 is 10.1 Å². The van der Waals surface area contributed by atoms with Crippen LogP contribution in [0, 0.1) is 17.3 Å². The van der Waals surface area contributed by atoms with Gasteiger partial charge in [-0.05, 0) is 51.0 Å². The first-order valence-corrected chi connectivity index (χ1v) is 7.11. The van der Waals surface area contributed by atoms with Crippen molar-refractivity contribution in [1.82, 2.24) is 5.32 Å². The molecule has 0 heterocycles. The Hall–Kier alpha value is -0.0800. The van der Waals surface area contributed by atoms with Crippen molar-refractivity contribution in [3.05, 3.63) is 0 Å². The quantitative estimate of drug-likeness (QED) is 0.773. The van der Waals surface area contributed by atoms with Crippen LogP contribution in [0.25, 0.3) is 0 Å². The van der Waals surface area contributed by atoms with E-state index >= 15 is 0 Å². The molecule has 3 rings (SSSR count). The third-order valence-corrected chi connectivity index (χ3v) is 5.34. The van der Waals surface area contributed by atoms with E-state index in [4.69, 9.17) is 4.74 Å². The van der Waals surface area contributed by atoms with Gasteiger partial charge in [-0.1, -0.05) is 13.3 Å². The van der Waals surface area contributed by atoms with Crippen LogP contribution in [-0.2, 0) is 4.74 Å². The first kappa shape index (κ1) is 11.0. The predicted octanol–water partition coefficient (Wildman–Crippen LogP) is 2.58. The van der Waals surface area contributed by atoms with E-state index in [-0.39, 0.29) is 0 Å². The second kappa shape index (κ2) is 3.99. The maximum absolute atomic E-state index is 5.87. The zero-order valence-corrected chi connectivity index (χ0v) is 10.7. The van der Waals surface area contributed by atoms with Gasteiger partial charge in [0.2, 0.25) is 0 Å². The fourth-order valence-corrected chi connectivity index (χ4v) is 3.70. The summed E-state index contributed by atoms with van der Waals surface area (Å²) in [6.07, 6.45) is 7.49. The Balaban J connectivity index is 1.49. The van der Waals surface area contributed by atoms with E-state index in [9.17, 15) is 0 Å².